The summed E-state index contributed by atoms with van der Waals surface area (Å²) < 4.78 is 0. The fraction of sp³-hybridized carbons (Fsp3) is 0.429. The van der Waals surface area contributed by atoms with Crippen LogP contribution >= 0.6 is 0 Å². The second kappa shape index (κ2) is 4.57. The molecule has 0 saturated carbocycles. The number of nitriles is 1. The molecule has 2 atom stereocenters. The van der Waals surface area contributed by atoms with Crippen molar-refractivity contribution >= 4 is 6.41 Å². The van der Waals surface area contributed by atoms with Gasteiger partial charge in [0.25, 0.3) is 0 Å². The molecule has 10 heavy (non-hydrogen) atoms. The van der Waals surface area contributed by atoms with E-state index in [4.69, 9.17) is 5.26 Å². The van der Waals surface area contributed by atoms with E-state index in [0.717, 1.165) is 0 Å². The van der Waals surface area contributed by atoms with Crippen molar-refractivity contribution in [3.63, 3.8) is 0 Å². The number of carbonyl (C=O) groups is 1. The largest absolute Gasteiger partial charge is 0.342 e. The van der Waals surface area contributed by atoms with Crippen molar-refractivity contribution in [1.82, 2.24) is 5.32 Å². The molecule has 0 bridgehead atoms. The maximum atomic E-state index is 9.90. The monoisotopic (exact) mass is 138 g/mol. The first-order valence-electron chi connectivity index (χ1n) is 2.98. The van der Waals surface area contributed by atoms with Crippen LogP contribution in [0.4, 0.5) is 0 Å². The van der Waals surface area contributed by atoms with Gasteiger partial charge in [0.15, 0.2) is 0 Å². The van der Waals surface area contributed by atoms with Crippen molar-refractivity contribution in [2.45, 2.75) is 13.0 Å². The Morgan fingerprint density at radius 2 is 2.40 bits per heavy atom. The van der Waals surface area contributed by atoms with Gasteiger partial charge in [-0.05, 0) is 0 Å². The third-order valence-corrected chi connectivity index (χ3v) is 1.28. The van der Waals surface area contributed by atoms with Crippen LogP contribution in [0.25, 0.3) is 0 Å². The molecule has 0 aliphatic rings. The second-order valence-corrected chi connectivity index (χ2v) is 1.99. The molecule has 3 heteroatoms. The molecule has 0 aromatic rings. The van der Waals surface area contributed by atoms with Crippen molar-refractivity contribution in [2.24, 2.45) is 5.92 Å². The second-order valence-electron chi connectivity index (χ2n) is 1.99. The van der Waals surface area contributed by atoms with E-state index in [0.29, 0.717) is 6.41 Å². The van der Waals surface area contributed by atoms with Gasteiger partial charge in [-0.2, -0.15) is 5.26 Å². The zero-order valence-electron chi connectivity index (χ0n) is 5.87. The van der Waals surface area contributed by atoms with Crippen molar-refractivity contribution in [3.8, 4) is 6.07 Å². The lowest BCUT2D eigenvalue weighted by Crippen LogP contribution is -2.31. The van der Waals surface area contributed by atoms with Gasteiger partial charge in [0.2, 0.25) is 6.41 Å². The molecule has 0 fully saturated rings. The molecule has 1 N–H and O–H groups in total. The quantitative estimate of drug-likeness (QED) is 0.453. The Morgan fingerprint density at radius 1 is 1.80 bits per heavy atom. The molecule has 0 aliphatic heterocycles. The van der Waals surface area contributed by atoms with Gasteiger partial charge in [0.05, 0.1) is 6.07 Å². The highest BCUT2D eigenvalue weighted by molar-refractivity contribution is 5.47. The van der Waals surface area contributed by atoms with Crippen LogP contribution in [-0.2, 0) is 4.79 Å². The van der Waals surface area contributed by atoms with Gasteiger partial charge in [-0.3, -0.25) is 4.79 Å². The van der Waals surface area contributed by atoms with Crippen LogP contribution in [0.3, 0.4) is 0 Å². The minimum absolute atomic E-state index is 0.00444. The summed E-state index contributed by atoms with van der Waals surface area (Å²) in [6.07, 6.45) is 2.15. The summed E-state index contributed by atoms with van der Waals surface area (Å²) in [6.45, 7) is 5.32. The Labute approximate surface area is 60.3 Å². The van der Waals surface area contributed by atoms with Crippen LogP contribution in [-0.4, -0.2) is 12.5 Å². The predicted molar refractivity (Wildman–Crippen MR) is 38.0 cm³/mol. The molecule has 0 aromatic heterocycles. The number of nitrogens with zero attached hydrogens (tertiary/aromatic N) is 1. The highest BCUT2D eigenvalue weighted by Crippen LogP contribution is 2.00. The summed E-state index contributed by atoms with van der Waals surface area (Å²) in [5, 5.41) is 10.8. The molecule has 0 radical (unpaired) electrons. The van der Waals surface area contributed by atoms with Crippen molar-refractivity contribution in [1.29, 1.82) is 5.26 Å². The Kier molecular flexibility index (Phi) is 3.97. The number of rotatable bonds is 4. The lowest BCUT2D eigenvalue weighted by Gasteiger charge is -2.10. The first-order chi connectivity index (χ1) is 4.76. The van der Waals surface area contributed by atoms with Crippen LogP contribution in [0, 0.1) is 17.2 Å². The molecule has 0 rings (SSSR count). The SMILES string of the molecule is C=CC(C)C(C#N)NC=O. The van der Waals surface area contributed by atoms with Crippen LogP contribution < -0.4 is 5.32 Å². The van der Waals surface area contributed by atoms with Gasteiger partial charge < -0.3 is 5.32 Å². The molecule has 1 amide bonds. The normalized spacial score (nSPS) is 14.4. The van der Waals surface area contributed by atoms with E-state index in [1.807, 2.05) is 13.0 Å². The highest BCUT2D eigenvalue weighted by atomic mass is 16.1. The first kappa shape index (κ1) is 8.70. The fourth-order valence-electron chi connectivity index (χ4n) is 0.516. The predicted octanol–water partition coefficient (Wildman–Crippen LogP) is 0.447. The Morgan fingerprint density at radius 3 is 2.70 bits per heavy atom. The van der Waals surface area contributed by atoms with Gasteiger partial charge in [0.1, 0.15) is 6.04 Å². The zero-order valence-corrected chi connectivity index (χ0v) is 5.87. The molecule has 0 saturated heterocycles. The topological polar surface area (TPSA) is 52.9 Å². The summed E-state index contributed by atoms with van der Waals surface area (Å²) in [5.41, 5.74) is 0. The minimum atomic E-state index is -0.449. The molecule has 0 aliphatic carbocycles. The van der Waals surface area contributed by atoms with E-state index in [1.165, 1.54) is 0 Å². The molecule has 54 valence electrons. The van der Waals surface area contributed by atoms with Crippen LogP contribution in [0.15, 0.2) is 12.7 Å². The number of hydrogen-bond acceptors (Lipinski definition) is 2. The van der Waals surface area contributed by atoms with E-state index < -0.39 is 6.04 Å². The maximum absolute atomic E-state index is 9.90. The van der Waals surface area contributed by atoms with E-state index in [2.05, 4.69) is 11.9 Å². The minimum Gasteiger partial charge on any atom is -0.342 e. The maximum Gasteiger partial charge on any atom is 0.208 e. The molecule has 0 aromatic carbocycles. The lowest BCUT2D eigenvalue weighted by molar-refractivity contribution is -0.110. The third kappa shape index (κ3) is 2.31. The van der Waals surface area contributed by atoms with Crippen molar-refractivity contribution < 1.29 is 4.79 Å². The number of hydrogen-bond donors (Lipinski definition) is 1. The summed E-state index contributed by atoms with van der Waals surface area (Å²) >= 11 is 0. The summed E-state index contributed by atoms with van der Waals surface area (Å²) in [5.74, 6) is -0.00444. The van der Waals surface area contributed by atoms with E-state index in [-0.39, 0.29) is 5.92 Å². The Hall–Kier alpha value is -1.30. The van der Waals surface area contributed by atoms with E-state index in [1.54, 1.807) is 6.08 Å². The average molecular weight is 138 g/mol. The fourth-order valence-corrected chi connectivity index (χ4v) is 0.516. The van der Waals surface area contributed by atoms with Crippen molar-refractivity contribution in [3.05, 3.63) is 12.7 Å². The van der Waals surface area contributed by atoms with Gasteiger partial charge in [0, 0.05) is 5.92 Å². The zero-order chi connectivity index (χ0) is 7.98. The Bertz CT molecular complexity index is 159. The van der Waals surface area contributed by atoms with Gasteiger partial charge >= 0.3 is 0 Å². The van der Waals surface area contributed by atoms with Gasteiger partial charge in [-0.25, -0.2) is 0 Å². The number of carbonyl (C=O) groups excluding carboxylic acids is 1. The van der Waals surface area contributed by atoms with E-state index in [9.17, 15) is 4.79 Å². The standard InChI is InChI=1S/C7H10N2O/c1-3-6(2)7(4-8)9-5-10/h3,5-7H,1H2,2H3,(H,9,10). The summed E-state index contributed by atoms with van der Waals surface area (Å²) in [7, 11) is 0. The van der Waals surface area contributed by atoms with Gasteiger partial charge in [-0.15, -0.1) is 6.58 Å². The molecular weight excluding hydrogens is 128 g/mol. The molecule has 0 heterocycles. The first-order valence-corrected chi connectivity index (χ1v) is 2.98. The van der Waals surface area contributed by atoms with Gasteiger partial charge in [-0.1, -0.05) is 13.0 Å². The smallest absolute Gasteiger partial charge is 0.208 e. The molecule has 2 unspecified atom stereocenters. The average Bonchev–Trinajstić information content (AvgIpc) is 1.99. The molecular formula is C7H10N2O. The number of amides is 1. The van der Waals surface area contributed by atoms with Crippen LogP contribution in [0.5, 0.6) is 0 Å². The molecule has 0 spiro atoms. The number of nitrogens with one attached hydrogen (secondary N) is 1. The van der Waals surface area contributed by atoms with E-state index >= 15 is 0 Å². The molecule has 3 nitrogen and oxygen atoms in total. The highest BCUT2D eigenvalue weighted by Gasteiger charge is 2.10. The third-order valence-electron chi connectivity index (χ3n) is 1.28. The van der Waals surface area contributed by atoms with Crippen LogP contribution in [0.2, 0.25) is 0 Å². The van der Waals surface area contributed by atoms with Crippen molar-refractivity contribution in [2.75, 3.05) is 0 Å². The lowest BCUT2D eigenvalue weighted by atomic mass is 10.0. The van der Waals surface area contributed by atoms with Crippen LogP contribution in [0.1, 0.15) is 6.92 Å². The summed E-state index contributed by atoms with van der Waals surface area (Å²) in [6, 6.07) is 1.49. The summed E-state index contributed by atoms with van der Waals surface area (Å²) in [4.78, 5) is 9.90. The Balaban J connectivity index is 3.94.